The first-order chi connectivity index (χ1) is 6.93. The molecule has 1 N–H and O–H groups in total. The lowest BCUT2D eigenvalue weighted by molar-refractivity contribution is 0.528. The minimum Gasteiger partial charge on any atom is -0.214 e. The van der Waals surface area contributed by atoms with Crippen LogP contribution in [-0.4, -0.2) is 19.7 Å². The molecule has 4 nitrogen and oxygen atoms in total. The Kier molecular flexibility index (Phi) is 5.84. The number of hydrogen-bond donors (Lipinski definition) is 1. The van der Waals surface area contributed by atoms with Crippen molar-refractivity contribution in [2.45, 2.75) is 51.2 Å². The maximum Gasteiger partial charge on any atom is 0.230 e. The van der Waals surface area contributed by atoms with Gasteiger partial charge in [0.25, 0.3) is 0 Å². The molecule has 0 aliphatic heterocycles. The van der Waals surface area contributed by atoms with E-state index >= 15 is 0 Å². The molecular weight excluding hydrogens is 212 g/mol. The van der Waals surface area contributed by atoms with Crippen molar-refractivity contribution in [2.24, 2.45) is 0 Å². The van der Waals surface area contributed by atoms with Gasteiger partial charge in [-0.15, -0.1) is 0 Å². The molecule has 15 heavy (non-hydrogen) atoms. The van der Waals surface area contributed by atoms with E-state index in [2.05, 4.69) is 4.72 Å². The minimum atomic E-state index is -3.52. The Morgan fingerprint density at radius 3 is 2.33 bits per heavy atom. The Hall–Kier alpha value is -0.600. The van der Waals surface area contributed by atoms with Gasteiger partial charge in [0.15, 0.2) is 4.75 Å². The van der Waals surface area contributed by atoms with Crippen molar-refractivity contribution < 1.29 is 8.42 Å². The van der Waals surface area contributed by atoms with Gasteiger partial charge in [0.2, 0.25) is 10.0 Å². The molecule has 0 bridgehead atoms. The van der Waals surface area contributed by atoms with Crippen LogP contribution in [0.15, 0.2) is 0 Å². The number of sulfonamides is 1. The number of hydrogen-bond acceptors (Lipinski definition) is 3. The summed E-state index contributed by atoms with van der Waals surface area (Å²) in [6, 6.07) is 1.91. The van der Waals surface area contributed by atoms with Crippen LogP contribution in [-0.2, 0) is 10.0 Å². The molecule has 0 spiro atoms. The van der Waals surface area contributed by atoms with E-state index in [-0.39, 0.29) is 0 Å². The van der Waals surface area contributed by atoms with Gasteiger partial charge in [0.1, 0.15) is 0 Å². The fraction of sp³-hybridized carbons (Fsp3) is 0.900. The molecular formula is C10H20N2O2S. The lowest BCUT2D eigenvalue weighted by atomic mass is 10.1. The maximum absolute atomic E-state index is 11.8. The van der Waals surface area contributed by atoms with Crippen LogP contribution in [0.1, 0.15) is 46.5 Å². The number of unbranched alkanes of at least 4 members (excludes halogenated alkanes) is 1. The van der Waals surface area contributed by atoms with E-state index in [1.54, 1.807) is 0 Å². The van der Waals surface area contributed by atoms with Crippen LogP contribution >= 0.6 is 0 Å². The lowest BCUT2D eigenvalue weighted by Gasteiger charge is -2.21. The fourth-order valence-electron chi connectivity index (χ4n) is 1.16. The molecule has 0 heterocycles. The SMILES string of the molecule is CCCCC(C)(C#N)S(=O)(=O)NCCC. The van der Waals surface area contributed by atoms with Gasteiger partial charge in [0.05, 0.1) is 6.07 Å². The fourth-order valence-corrected chi connectivity index (χ4v) is 2.48. The van der Waals surface area contributed by atoms with Crippen molar-refractivity contribution in [3.63, 3.8) is 0 Å². The molecule has 0 aliphatic carbocycles. The normalized spacial score (nSPS) is 15.6. The third-order valence-electron chi connectivity index (χ3n) is 2.38. The van der Waals surface area contributed by atoms with Gasteiger partial charge in [-0.2, -0.15) is 5.26 Å². The smallest absolute Gasteiger partial charge is 0.214 e. The second-order valence-corrected chi connectivity index (χ2v) is 6.04. The van der Waals surface area contributed by atoms with E-state index in [0.29, 0.717) is 13.0 Å². The van der Waals surface area contributed by atoms with Crippen LogP contribution in [0.5, 0.6) is 0 Å². The summed E-state index contributed by atoms with van der Waals surface area (Å²) in [5.41, 5.74) is 0. The molecule has 0 rings (SSSR count). The maximum atomic E-state index is 11.8. The Balaban J connectivity index is 4.71. The minimum absolute atomic E-state index is 0.388. The summed E-state index contributed by atoms with van der Waals surface area (Å²) in [5.74, 6) is 0. The Bertz CT molecular complexity index is 319. The summed E-state index contributed by atoms with van der Waals surface area (Å²) >= 11 is 0. The number of nitrogens with zero attached hydrogens (tertiary/aromatic N) is 1. The Labute approximate surface area is 92.7 Å². The van der Waals surface area contributed by atoms with Crippen LogP contribution < -0.4 is 4.72 Å². The second kappa shape index (κ2) is 6.09. The third kappa shape index (κ3) is 3.80. The number of nitrogens with one attached hydrogen (secondary N) is 1. The van der Waals surface area contributed by atoms with Crippen LogP contribution in [0.2, 0.25) is 0 Å². The van der Waals surface area contributed by atoms with Crippen molar-refractivity contribution in [1.29, 1.82) is 5.26 Å². The molecule has 0 amide bonds. The van der Waals surface area contributed by atoms with Crippen LogP contribution in [0, 0.1) is 11.3 Å². The lowest BCUT2D eigenvalue weighted by Crippen LogP contribution is -2.43. The summed E-state index contributed by atoms with van der Waals surface area (Å²) < 4.78 is 24.8. The highest BCUT2D eigenvalue weighted by Gasteiger charge is 2.38. The first-order valence-corrected chi connectivity index (χ1v) is 6.82. The predicted octanol–water partition coefficient (Wildman–Crippen LogP) is 1.79. The summed E-state index contributed by atoms with van der Waals surface area (Å²) in [4.78, 5) is 0. The van der Waals surface area contributed by atoms with Gasteiger partial charge in [0, 0.05) is 6.54 Å². The summed E-state index contributed by atoms with van der Waals surface area (Å²) in [5, 5.41) is 8.98. The molecule has 0 saturated carbocycles. The number of nitriles is 1. The van der Waals surface area contributed by atoms with Crippen molar-refractivity contribution in [1.82, 2.24) is 4.72 Å². The average Bonchev–Trinajstić information content (AvgIpc) is 2.22. The first kappa shape index (κ1) is 14.4. The van der Waals surface area contributed by atoms with Crippen molar-refractivity contribution in [2.75, 3.05) is 6.54 Å². The zero-order chi connectivity index (χ0) is 11.9. The molecule has 0 aromatic heterocycles. The largest absolute Gasteiger partial charge is 0.230 e. The van der Waals surface area contributed by atoms with Crippen LogP contribution in [0.4, 0.5) is 0 Å². The van der Waals surface area contributed by atoms with Gasteiger partial charge < -0.3 is 0 Å². The first-order valence-electron chi connectivity index (χ1n) is 5.34. The van der Waals surface area contributed by atoms with E-state index < -0.39 is 14.8 Å². The molecule has 88 valence electrons. The zero-order valence-electron chi connectivity index (χ0n) is 9.71. The molecule has 0 aliphatic rings. The third-order valence-corrected chi connectivity index (χ3v) is 4.44. The monoisotopic (exact) mass is 232 g/mol. The van der Waals surface area contributed by atoms with Crippen molar-refractivity contribution in [3.8, 4) is 6.07 Å². The second-order valence-electron chi connectivity index (χ2n) is 3.84. The van der Waals surface area contributed by atoms with Crippen molar-refractivity contribution in [3.05, 3.63) is 0 Å². The van der Waals surface area contributed by atoms with Crippen LogP contribution in [0.25, 0.3) is 0 Å². The molecule has 5 heteroatoms. The molecule has 1 atom stereocenters. The average molecular weight is 232 g/mol. The molecule has 0 radical (unpaired) electrons. The van der Waals surface area contributed by atoms with E-state index in [9.17, 15) is 8.42 Å². The summed E-state index contributed by atoms with van der Waals surface area (Å²) in [6.07, 6.45) is 2.76. The highest BCUT2D eigenvalue weighted by Crippen LogP contribution is 2.22. The van der Waals surface area contributed by atoms with Crippen LogP contribution in [0.3, 0.4) is 0 Å². The van der Waals surface area contributed by atoms with Gasteiger partial charge in [-0.1, -0.05) is 26.7 Å². The van der Waals surface area contributed by atoms with Gasteiger partial charge in [-0.3, -0.25) is 0 Å². The summed E-state index contributed by atoms with van der Waals surface area (Å²) in [6.45, 7) is 5.74. The molecule has 0 fully saturated rings. The van der Waals surface area contributed by atoms with E-state index in [1.807, 2.05) is 19.9 Å². The standard InChI is InChI=1S/C10H20N2O2S/c1-4-6-7-10(3,9-11)15(13,14)12-8-5-2/h12H,4-8H2,1-3H3. The topological polar surface area (TPSA) is 70.0 Å². The Morgan fingerprint density at radius 1 is 1.33 bits per heavy atom. The van der Waals surface area contributed by atoms with E-state index in [0.717, 1.165) is 19.3 Å². The molecule has 0 saturated heterocycles. The van der Waals surface area contributed by atoms with Gasteiger partial charge in [-0.25, -0.2) is 13.1 Å². The van der Waals surface area contributed by atoms with E-state index in [4.69, 9.17) is 5.26 Å². The molecule has 0 aromatic carbocycles. The summed E-state index contributed by atoms with van der Waals surface area (Å²) in [7, 11) is -3.52. The molecule has 0 aromatic rings. The van der Waals surface area contributed by atoms with Gasteiger partial charge in [-0.05, 0) is 19.8 Å². The van der Waals surface area contributed by atoms with Crippen molar-refractivity contribution >= 4 is 10.0 Å². The quantitative estimate of drug-likeness (QED) is 0.727. The Morgan fingerprint density at radius 2 is 1.93 bits per heavy atom. The van der Waals surface area contributed by atoms with Gasteiger partial charge >= 0.3 is 0 Å². The zero-order valence-corrected chi connectivity index (χ0v) is 10.5. The highest BCUT2D eigenvalue weighted by atomic mass is 32.2. The predicted molar refractivity (Wildman–Crippen MR) is 60.8 cm³/mol. The highest BCUT2D eigenvalue weighted by molar-refractivity contribution is 7.91. The number of rotatable bonds is 7. The molecule has 1 unspecified atom stereocenters. The van der Waals surface area contributed by atoms with E-state index in [1.165, 1.54) is 6.92 Å².